The Morgan fingerprint density at radius 3 is 2.54 bits per heavy atom. The average molecular weight is 564 g/mol. The Kier molecular flexibility index (Phi) is 8.09. The molecule has 1 fully saturated rings. The van der Waals surface area contributed by atoms with Crippen LogP contribution in [-0.2, 0) is 4.74 Å². The van der Waals surface area contributed by atoms with Crippen LogP contribution in [0.4, 0.5) is 10.1 Å². The SMILES string of the molecule is CCN[C@@H]1CCN(c2c(-c3cc(OC)cc(OC)c3)cnc(C)c2-c2nc3c(C(=O)OC)cc(F)cc3[nH]2)C[C@@H]1O. The first kappa shape index (κ1) is 28.3. The van der Waals surface area contributed by atoms with Crippen LogP contribution in [0, 0.1) is 12.7 Å². The summed E-state index contributed by atoms with van der Waals surface area (Å²) in [4.78, 5) is 27.3. The van der Waals surface area contributed by atoms with Gasteiger partial charge in [0, 0.05) is 37.0 Å². The highest BCUT2D eigenvalue weighted by Gasteiger charge is 2.32. The number of aliphatic hydroxyl groups is 1. The van der Waals surface area contributed by atoms with E-state index in [0.717, 1.165) is 29.4 Å². The third-order valence-corrected chi connectivity index (χ3v) is 7.46. The second-order valence-electron chi connectivity index (χ2n) is 9.97. The number of halogens is 1. The minimum absolute atomic E-state index is 0.0210. The number of pyridine rings is 1. The average Bonchev–Trinajstić information content (AvgIpc) is 3.40. The van der Waals surface area contributed by atoms with Crippen molar-refractivity contribution < 1.29 is 28.5 Å². The number of benzene rings is 2. The number of carbonyl (C=O) groups is 1. The van der Waals surface area contributed by atoms with Crippen LogP contribution in [0.2, 0.25) is 0 Å². The largest absolute Gasteiger partial charge is 0.497 e. The number of rotatable bonds is 8. The third-order valence-electron chi connectivity index (χ3n) is 7.46. The predicted molar refractivity (Wildman–Crippen MR) is 154 cm³/mol. The fourth-order valence-electron chi connectivity index (χ4n) is 5.48. The van der Waals surface area contributed by atoms with Crippen molar-refractivity contribution in [2.45, 2.75) is 32.4 Å². The molecule has 1 aliphatic rings. The summed E-state index contributed by atoms with van der Waals surface area (Å²) in [5.74, 6) is 0.360. The van der Waals surface area contributed by atoms with Crippen molar-refractivity contribution in [3.8, 4) is 34.0 Å². The van der Waals surface area contributed by atoms with E-state index >= 15 is 0 Å². The van der Waals surface area contributed by atoms with E-state index in [1.165, 1.54) is 13.2 Å². The standard InChI is InChI=1S/C30H34FN5O5/c1-6-32-23-7-8-36(15-25(23)37)28-22(17-9-19(39-3)13-20(10-17)40-4)14-33-16(2)26(28)29-34-24-12-18(31)11-21(27(24)35-29)30(38)41-5/h9-14,23,25,32,37H,6-8,15H2,1-5H3,(H,34,35)/t23-,25+/m1/s1. The van der Waals surface area contributed by atoms with Gasteiger partial charge in [0.2, 0.25) is 0 Å². The zero-order valence-electron chi connectivity index (χ0n) is 23.7. The smallest absolute Gasteiger partial charge is 0.340 e. The number of ether oxygens (including phenoxy) is 3. The van der Waals surface area contributed by atoms with Gasteiger partial charge in [-0.2, -0.15) is 0 Å². The van der Waals surface area contributed by atoms with Crippen LogP contribution in [0.25, 0.3) is 33.5 Å². The summed E-state index contributed by atoms with van der Waals surface area (Å²) in [7, 11) is 4.42. The number of aromatic amines is 1. The molecule has 1 aliphatic heterocycles. The number of esters is 1. The summed E-state index contributed by atoms with van der Waals surface area (Å²) in [6, 6.07) is 7.97. The molecular formula is C30H34FN5O5. The molecule has 0 bridgehead atoms. The van der Waals surface area contributed by atoms with Crippen LogP contribution in [-0.4, -0.2) is 79.1 Å². The van der Waals surface area contributed by atoms with Crippen molar-refractivity contribution in [1.82, 2.24) is 20.3 Å². The van der Waals surface area contributed by atoms with Gasteiger partial charge in [-0.25, -0.2) is 14.2 Å². The number of piperidine rings is 1. The van der Waals surface area contributed by atoms with Crippen molar-refractivity contribution in [2.24, 2.45) is 0 Å². The van der Waals surface area contributed by atoms with Crippen LogP contribution in [0.1, 0.15) is 29.4 Å². The van der Waals surface area contributed by atoms with Gasteiger partial charge in [-0.15, -0.1) is 0 Å². The van der Waals surface area contributed by atoms with Crippen LogP contribution in [0.15, 0.2) is 36.5 Å². The van der Waals surface area contributed by atoms with Gasteiger partial charge in [0.25, 0.3) is 0 Å². The number of likely N-dealkylation sites (N-methyl/N-ethyl adjacent to an activating group) is 1. The number of fused-ring (bicyclic) bond motifs is 1. The number of hydrogen-bond donors (Lipinski definition) is 3. The topological polar surface area (TPSA) is 122 Å². The molecule has 0 unspecified atom stereocenters. The number of methoxy groups -OCH3 is 3. The fraction of sp³-hybridized carbons (Fsp3) is 0.367. The van der Waals surface area contributed by atoms with E-state index in [9.17, 15) is 14.3 Å². The van der Waals surface area contributed by atoms with E-state index in [1.807, 2.05) is 26.0 Å². The molecule has 2 atom stereocenters. The zero-order chi connectivity index (χ0) is 29.3. The van der Waals surface area contributed by atoms with Gasteiger partial charge in [-0.3, -0.25) is 4.98 Å². The van der Waals surface area contributed by atoms with E-state index in [0.29, 0.717) is 53.6 Å². The number of β-amino-alcohol motifs (C(OH)–C–C–N with tert-alkyl or cyclic N) is 1. The lowest BCUT2D eigenvalue weighted by Crippen LogP contribution is -2.53. The minimum atomic E-state index is -0.687. The van der Waals surface area contributed by atoms with Gasteiger partial charge in [0.1, 0.15) is 28.7 Å². The molecule has 3 N–H and O–H groups in total. The molecule has 216 valence electrons. The molecule has 10 nitrogen and oxygen atoms in total. The number of hydrogen-bond acceptors (Lipinski definition) is 9. The monoisotopic (exact) mass is 563 g/mol. The number of anilines is 1. The molecule has 11 heteroatoms. The molecule has 1 saturated heterocycles. The van der Waals surface area contributed by atoms with Crippen molar-refractivity contribution in [1.29, 1.82) is 0 Å². The van der Waals surface area contributed by atoms with Gasteiger partial charge in [0.05, 0.1) is 55.5 Å². The Hall–Kier alpha value is -4.22. The molecule has 0 amide bonds. The summed E-state index contributed by atoms with van der Waals surface area (Å²) in [5.41, 5.74) is 4.37. The van der Waals surface area contributed by atoms with Gasteiger partial charge < -0.3 is 34.5 Å². The molecule has 0 radical (unpaired) electrons. The zero-order valence-corrected chi connectivity index (χ0v) is 23.7. The highest BCUT2D eigenvalue weighted by atomic mass is 19.1. The van der Waals surface area contributed by atoms with Crippen LogP contribution < -0.4 is 19.7 Å². The first-order valence-corrected chi connectivity index (χ1v) is 13.4. The normalized spacial score (nSPS) is 17.1. The highest BCUT2D eigenvalue weighted by Crippen LogP contribution is 2.43. The molecule has 2 aromatic heterocycles. The van der Waals surface area contributed by atoms with E-state index in [1.54, 1.807) is 26.5 Å². The highest BCUT2D eigenvalue weighted by molar-refractivity contribution is 6.03. The van der Waals surface area contributed by atoms with Crippen molar-refractivity contribution in [3.05, 3.63) is 53.6 Å². The Balaban J connectivity index is 1.75. The summed E-state index contributed by atoms with van der Waals surface area (Å²) < 4.78 is 30.4. The number of carbonyl (C=O) groups excluding carboxylic acids is 1. The number of aliphatic hydroxyl groups excluding tert-OH is 1. The van der Waals surface area contributed by atoms with Gasteiger partial charge in [-0.05, 0) is 49.7 Å². The summed E-state index contributed by atoms with van der Waals surface area (Å²) >= 11 is 0. The van der Waals surface area contributed by atoms with E-state index in [-0.39, 0.29) is 17.1 Å². The third kappa shape index (κ3) is 5.42. The maximum absolute atomic E-state index is 14.5. The Morgan fingerprint density at radius 2 is 1.90 bits per heavy atom. The lowest BCUT2D eigenvalue weighted by Gasteiger charge is -2.39. The van der Waals surface area contributed by atoms with Gasteiger partial charge in [0.15, 0.2) is 0 Å². The molecule has 41 heavy (non-hydrogen) atoms. The van der Waals surface area contributed by atoms with E-state index in [2.05, 4.69) is 15.2 Å². The number of nitrogens with zero attached hydrogens (tertiary/aromatic N) is 3. The van der Waals surface area contributed by atoms with Gasteiger partial charge >= 0.3 is 5.97 Å². The maximum atomic E-state index is 14.5. The molecular weight excluding hydrogens is 529 g/mol. The van der Waals surface area contributed by atoms with Crippen LogP contribution in [0.5, 0.6) is 11.5 Å². The van der Waals surface area contributed by atoms with E-state index < -0.39 is 17.9 Å². The van der Waals surface area contributed by atoms with Crippen molar-refractivity contribution in [3.63, 3.8) is 0 Å². The van der Waals surface area contributed by atoms with Gasteiger partial charge in [-0.1, -0.05) is 6.92 Å². The van der Waals surface area contributed by atoms with Crippen molar-refractivity contribution in [2.75, 3.05) is 45.9 Å². The minimum Gasteiger partial charge on any atom is -0.497 e. The van der Waals surface area contributed by atoms with Crippen LogP contribution in [0.3, 0.4) is 0 Å². The number of imidazole rings is 1. The summed E-state index contributed by atoms with van der Waals surface area (Å²) in [6.45, 7) is 5.66. The Bertz CT molecular complexity index is 1570. The second kappa shape index (κ2) is 11.7. The first-order valence-electron chi connectivity index (χ1n) is 13.4. The molecule has 2 aromatic carbocycles. The molecule has 0 saturated carbocycles. The van der Waals surface area contributed by atoms with E-state index in [4.69, 9.17) is 24.2 Å². The number of nitrogens with one attached hydrogen (secondary N) is 2. The molecule has 0 aliphatic carbocycles. The van der Waals surface area contributed by atoms with Crippen LogP contribution >= 0.6 is 0 Å². The molecule has 0 spiro atoms. The number of H-pyrrole nitrogens is 1. The Labute approximate surface area is 237 Å². The molecule has 3 heterocycles. The second-order valence-corrected chi connectivity index (χ2v) is 9.97. The quantitative estimate of drug-likeness (QED) is 0.272. The lowest BCUT2D eigenvalue weighted by atomic mass is 9.95. The number of aromatic nitrogens is 3. The summed E-state index contributed by atoms with van der Waals surface area (Å²) in [5, 5.41) is 14.4. The predicted octanol–water partition coefficient (Wildman–Crippen LogP) is 4.09. The fourth-order valence-corrected chi connectivity index (χ4v) is 5.48. The lowest BCUT2D eigenvalue weighted by molar-refractivity contribution is 0.0602. The number of aryl methyl sites for hydroxylation is 1. The maximum Gasteiger partial charge on any atom is 0.340 e. The molecule has 4 aromatic rings. The summed E-state index contributed by atoms with van der Waals surface area (Å²) in [6.07, 6.45) is 1.88. The molecule has 5 rings (SSSR count). The van der Waals surface area contributed by atoms with Crippen molar-refractivity contribution >= 4 is 22.7 Å². The Morgan fingerprint density at radius 1 is 1.17 bits per heavy atom. The first-order chi connectivity index (χ1) is 19.8.